The monoisotopic (exact) mass is 420 g/mol. The molecule has 4 aromatic rings. The van der Waals surface area contributed by atoms with E-state index >= 15 is 0 Å². The predicted octanol–water partition coefficient (Wildman–Crippen LogP) is 4.34. The van der Waals surface area contributed by atoms with Crippen molar-refractivity contribution in [2.24, 2.45) is 0 Å². The molecule has 30 heavy (non-hydrogen) atoms. The Bertz CT molecular complexity index is 1200. The number of carbonyl (C=O) groups is 1. The van der Waals surface area contributed by atoms with Crippen molar-refractivity contribution in [1.29, 1.82) is 0 Å². The van der Waals surface area contributed by atoms with Gasteiger partial charge in [-0.1, -0.05) is 25.6 Å². The maximum absolute atomic E-state index is 12.1. The Balaban J connectivity index is 0.00000256. The van der Waals surface area contributed by atoms with E-state index in [1.807, 2.05) is 36.5 Å². The van der Waals surface area contributed by atoms with E-state index in [9.17, 15) is 9.90 Å². The number of amides is 1. The second-order valence-electron chi connectivity index (χ2n) is 6.98. The molecule has 6 nitrogen and oxygen atoms in total. The van der Waals surface area contributed by atoms with Crippen molar-refractivity contribution in [2.45, 2.75) is 18.4 Å². The van der Waals surface area contributed by atoms with Crippen molar-refractivity contribution >= 4 is 29.6 Å². The van der Waals surface area contributed by atoms with E-state index in [1.54, 1.807) is 32.6 Å². The Morgan fingerprint density at radius 1 is 1.10 bits per heavy atom. The molecule has 1 atom stereocenters. The van der Waals surface area contributed by atoms with Gasteiger partial charge in [0.1, 0.15) is 5.65 Å². The summed E-state index contributed by atoms with van der Waals surface area (Å²) in [5.74, 6) is -0.393. The van der Waals surface area contributed by atoms with E-state index in [0.717, 1.165) is 38.2 Å². The highest BCUT2D eigenvalue weighted by atomic mass is 32.1. The lowest BCUT2D eigenvalue weighted by atomic mass is 10.0. The smallest absolute Gasteiger partial charge is 0.255 e. The topological polar surface area (TPSA) is 82.1 Å². The van der Waals surface area contributed by atoms with Crippen LogP contribution in [0, 0.1) is 0 Å². The molecule has 0 saturated heterocycles. The standard InChI is InChI=1S/C22H20N4O2S.CH4/c1-26(2)22(28)20(27)15-7-13(9-23-10-15)14-8-17-18(12-25-21(17)24-11-14)16-5-3-4-6-19(16)29;/h3-12,20,27,29H,1-2H3,(H,24,25);1H4. The van der Waals surface area contributed by atoms with Crippen LogP contribution in [-0.2, 0) is 4.79 Å². The molecular formula is C23H24N4O2S. The fourth-order valence-corrected chi connectivity index (χ4v) is 3.52. The highest BCUT2D eigenvalue weighted by Gasteiger charge is 2.20. The summed E-state index contributed by atoms with van der Waals surface area (Å²) in [6, 6.07) is 11.7. The van der Waals surface area contributed by atoms with Gasteiger partial charge in [0.2, 0.25) is 0 Å². The molecule has 0 aliphatic heterocycles. The number of nitrogens with one attached hydrogen (secondary N) is 1. The van der Waals surface area contributed by atoms with Gasteiger partial charge < -0.3 is 15.0 Å². The number of nitrogens with zero attached hydrogens (tertiary/aromatic N) is 3. The third-order valence-corrected chi connectivity index (χ3v) is 5.20. The Morgan fingerprint density at radius 3 is 2.57 bits per heavy atom. The van der Waals surface area contributed by atoms with Crippen LogP contribution >= 0.6 is 12.6 Å². The number of pyridine rings is 2. The molecule has 1 unspecified atom stereocenters. The SMILES string of the molecule is C.CN(C)C(=O)C(O)c1cncc(-c2cnc3[nH]cc(-c4ccccc4S)c3c2)c1. The minimum atomic E-state index is -1.26. The summed E-state index contributed by atoms with van der Waals surface area (Å²) >= 11 is 4.57. The molecule has 3 heterocycles. The molecule has 0 aliphatic carbocycles. The average Bonchev–Trinajstić information content (AvgIpc) is 3.16. The van der Waals surface area contributed by atoms with Crippen molar-refractivity contribution in [3.8, 4) is 22.3 Å². The lowest BCUT2D eigenvalue weighted by molar-refractivity contribution is -0.137. The van der Waals surface area contributed by atoms with Gasteiger partial charge in [-0.2, -0.15) is 0 Å². The molecule has 4 rings (SSSR count). The first kappa shape index (κ1) is 21.5. The highest BCUT2D eigenvalue weighted by Crippen LogP contribution is 2.34. The number of likely N-dealkylation sites (N-methyl/N-ethyl adjacent to an activating group) is 1. The lowest BCUT2D eigenvalue weighted by Crippen LogP contribution is -2.28. The zero-order chi connectivity index (χ0) is 20.5. The van der Waals surface area contributed by atoms with E-state index in [1.165, 1.54) is 11.1 Å². The summed E-state index contributed by atoms with van der Waals surface area (Å²) in [7, 11) is 3.21. The second kappa shape index (κ2) is 8.69. The first-order valence-corrected chi connectivity index (χ1v) is 9.50. The van der Waals surface area contributed by atoms with Crippen molar-refractivity contribution in [1.82, 2.24) is 19.9 Å². The molecule has 0 aliphatic rings. The van der Waals surface area contributed by atoms with Crippen molar-refractivity contribution in [3.05, 3.63) is 66.7 Å². The molecule has 0 bridgehead atoms. The molecule has 2 N–H and O–H groups in total. The van der Waals surface area contributed by atoms with Crippen molar-refractivity contribution < 1.29 is 9.90 Å². The van der Waals surface area contributed by atoms with Gasteiger partial charge in [-0.25, -0.2) is 4.98 Å². The Morgan fingerprint density at radius 2 is 1.83 bits per heavy atom. The van der Waals surface area contributed by atoms with Gasteiger partial charge >= 0.3 is 0 Å². The predicted molar refractivity (Wildman–Crippen MR) is 122 cm³/mol. The number of benzene rings is 1. The molecule has 1 amide bonds. The zero-order valence-electron chi connectivity index (χ0n) is 16.0. The van der Waals surface area contributed by atoms with E-state index in [4.69, 9.17) is 0 Å². The molecule has 1 aromatic carbocycles. The first-order chi connectivity index (χ1) is 14.0. The van der Waals surface area contributed by atoms with Gasteiger partial charge in [-0.05, 0) is 23.8 Å². The first-order valence-electron chi connectivity index (χ1n) is 9.05. The quantitative estimate of drug-likeness (QED) is 0.429. The number of aromatic amines is 1. The number of rotatable bonds is 4. The highest BCUT2D eigenvalue weighted by molar-refractivity contribution is 7.80. The fraction of sp³-hybridized carbons (Fsp3) is 0.174. The maximum Gasteiger partial charge on any atom is 0.255 e. The van der Waals surface area contributed by atoms with Gasteiger partial charge in [0.05, 0.1) is 0 Å². The van der Waals surface area contributed by atoms with Crippen LogP contribution in [0.4, 0.5) is 0 Å². The second-order valence-corrected chi connectivity index (χ2v) is 7.46. The third kappa shape index (κ3) is 3.94. The molecule has 154 valence electrons. The largest absolute Gasteiger partial charge is 0.378 e. The van der Waals surface area contributed by atoms with E-state index in [-0.39, 0.29) is 7.43 Å². The van der Waals surface area contributed by atoms with E-state index < -0.39 is 12.0 Å². The molecule has 0 spiro atoms. The number of H-pyrrole nitrogens is 1. The van der Waals surface area contributed by atoms with Crippen LogP contribution in [0.25, 0.3) is 33.3 Å². The van der Waals surface area contributed by atoms with Crippen LogP contribution in [-0.4, -0.2) is 45.0 Å². The molecule has 0 radical (unpaired) electrons. The third-order valence-electron chi connectivity index (χ3n) is 4.81. The molecule has 7 heteroatoms. The number of fused-ring (bicyclic) bond motifs is 1. The summed E-state index contributed by atoms with van der Waals surface area (Å²) in [4.78, 5) is 26.3. The summed E-state index contributed by atoms with van der Waals surface area (Å²) < 4.78 is 0. The number of aromatic nitrogens is 3. The van der Waals surface area contributed by atoms with Crippen LogP contribution in [0.1, 0.15) is 19.1 Å². The summed E-state index contributed by atoms with van der Waals surface area (Å²) in [5, 5.41) is 11.3. The molecular weight excluding hydrogens is 396 g/mol. The fourth-order valence-electron chi connectivity index (χ4n) is 3.24. The van der Waals surface area contributed by atoms with Gasteiger partial charge in [0.15, 0.2) is 6.10 Å². The van der Waals surface area contributed by atoms with Crippen molar-refractivity contribution in [2.75, 3.05) is 14.1 Å². The Kier molecular flexibility index (Phi) is 6.24. The van der Waals surface area contributed by atoms with Crippen LogP contribution in [0.5, 0.6) is 0 Å². The maximum atomic E-state index is 12.1. The van der Waals surface area contributed by atoms with Crippen LogP contribution < -0.4 is 0 Å². The van der Waals surface area contributed by atoms with Gasteiger partial charge in [0, 0.05) is 71.4 Å². The Hall–Kier alpha value is -3.16. The molecule has 3 aromatic heterocycles. The van der Waals surface area contributed by atoms with Crippen LogP contribution in [0.3, 0.4) is 0 Å². The number of hydrogen-bond acceptors (Lipinski definition) is 5. The molecule has 0 fully saturated rings. The lowest BCUT2D eigenvalue weighted by Gasteiger charge is -2.16. The number of carbonyl (C=O) groups excluding carboxylic acids is 1. The Labute approximate surface area is 181 Å². The van der Waals surface area contributed by atoms with Gasteiger partial charge in [-0.15, -0.1) is 12.6 Å². The number of hydrogen-bond donors (Lipinski definition) is 3. The summed E-state index contributed by atoms with van der Waals surface area (Å²) in [5.41, 5.74) is 4.85. The van der Waals surface area contributed by atoms with Crippen molar-refractivity contribution in [3.63, 3.8) is 0 Å². The van der Waals surface area contributed by atoms with Gasteiger partial charge in [-0.3, -0.25) is 9.78 Å². The zero-order valence-corrected chi connectivity index (χ0v) is 16.9. The minimum Gasteiger partial charge on any atom is -0.378 e. The van der Waals surface area contributed by atoms with Crippen LogP contribution in [0.15, 0.2) is 66.1 Å². The van der Waals surface area contributed by atoms with E-state index in [2.05, 4.69) is 27.6 Å². The number of aliphatic hydroxyl groups excluding tert-OH is 1. The van der Waals surface area contributed by atoms with Crippen LogP contribution in [0.2, 0.25) is 0 Å². The normalized spacial score (nSPS) is 11.7. The molecule has 0 saturated carbocycles. The summed E-state index contributed by atoms with van der Waals surface area (Å²) in [6.07, 6.45) is 5.60. The minimum absolute atomic E-state index is 0. The van der Waals surface area contributed by atoms with Gasteiger partial charge in [0.25, 0.3) is 5.91 Å². The number of thiol groups is 1. The number of aliphatic hydroxyl groups is 1. The summed E-state index contributed by atoms with van der Waals surface area (Å²) in [6.45, 7) is 0. The van der Waals surface area contributed by atoms with E-state index in [0.29, 0.717) is 5.56 Å². The average molecular weight is 421 g/mol.